The molecule has 2 nitrogen and oxygen atoms in total. The van der Waals surface area contributed by atoms with Crippen LogP contribution in [0.2, 0.25) is 0 Å². The van der Waals surface area contributed by atoms with Gasteiger partial charge in [0.1, 0.15) is 0 Å². The maximum absolute atomic E-state index is 8.66. The van der Waals surface area contributed by atoms with Gasteiger partial charge < -0.3 is 10.4 Å². The first-order chi connectivity index (χ1) is 5.70. The minimum atomic E-state index is 0.312. The van der Waals surface area contributed by atoms with Crippen molar-refractivity contribution < 1.29 is 5.11 Å². The Hall–Kier alpha value is -0.0800. The first kappa shape index (κ1) is 11.9. The zero-order valence-corrected chi connectivity index (χ0v) is 8.64. The molecular weight excluding hydrogens is 150 g/mol. The second-order valence-electron chi connectivity index (χ2n) is 3.79. The van der Waals surface area contributed by atoms with Crippen molar-refractivity contribution in [2.45, 2.75) is 33.6 Å². The van der Waals surface area contributed by atoms with E-state index in [2.05, 4.69) is 26.1 Å². The zero-order valence-electron chi connectivity index (χ0n) is 8.64. The third-order valence-electron chi connectivity index (χ3n) is 2.30. The molecule has 0 radical (unpaired) electrons. The van der Waals surface area contributed by atoms with E-state index in [1.165, 1.54) is 6.42 Å². The zero-order chi connectivity index (χ0) is 9.40. The lowest BCUT2D eigenvalue weighted by Crippen LogP contribution is -2.26. The van der Waals surface area contributed by atoms with Crippen molar-refractivity contribution in [3.05, 3.63) is 0 Å². The van der Waals surface area contributed by atoms with E-state index in [9.17, 15) is 0 Å². The molecule has 0 aliphatic carbocycles. The molecule has 2 unspecified atom stereocenters. The summed E-state index contributed by atoms with van der Waals surface area (Å²) in [6.45, 7) is 9.08. The van der Waals surface area contributed by atoms with Gasteiger partial charge in [0.05, 0.1) is 0 Å². The first-order valence-corrected chi connectivity index (χ1v) is 5.02. The molecule has 2 heteroatoms. The Labute approximate surface area is 76.4 Å². The van der Waals surface area contributed by atoms with Gasteiger partial charge in [-0.25, -0.2) is 0 Å². The summed E-state index contributed by atoms with van der Waals surface area (Å²) in [5, 5.41) is 12.1. The van der Waals surface area contributed by atoms with Gasteiger partial charge in [-0.3, -0.25) is 0 Å². The summed E-state index contributed by atoms with van der Waals surface area (Å²) in [6, 6.07) is 0. The van der Waals surface area contributed by atoms with E-state index in [0.29, 0.717) is 12.5 Å². The van der Waals surface area contributed by atoms with Crippen LogP contribution in [-0.2, 0) is 0 Å². The predicted octanol–water partition coefficient (Wildman–Crippen LogP) is 1.64. The Morgan fingerprint density at radius 1 is 1.17 bits per heavy atom. The van der Waals surface area contributed by atoms with E-state index in [4.69, 9.17) is 5.11 Å². The highest BCUT2D eigenvalue weighted by Gasteiger charge is 2.01. The molecule has 0 fully saturated rings. The molecule has 0 bridgehead atoms. The molecule has 0 heterocycles. The van der Waals surface area contributed by atoms with Gasteiger partial charge in [0.25, 0.3) is 0 Å². The predicted molar refractivity (Wildman–Crippen MR) is 53.2 cm³/mol. The molecule has 0 aromatic heterocycles. The van der Waals surface area contributed by atoms with Crippen molar-refractivity contribution in [1.29, 1.82) is 0 Å². The van der Waals surface area contributed by atoms with Crippen LogP contribution >= 0.6 is 0 Å². The van der Waals surface area contributed by atoms with Crippen LogP contribution in [0.5, 0.6) is 0 Å². The highest BCUT2D eigenvalue weighted by Crippen LogP contribution is 2.00. The maximum atomic E-state index is 8.66. The van der Waals surface area contributed by atoms with Gasteiger partial charge in [0.15, 0.2) is 0 Å². The molecule has 2 N–H and O–H groups in total. The summed E-state index contributed by atoms with van der Waals surface area (Å²) in [6.07, 6.45) is 2.15. The average molecular weight is 173 g/mol. The van der Waals surface area contributed by atoms with E-state index < -0.39 is 0 Å². The average Bonchev–Trinajstić information content (AvgIpc) is 2.04. The van der Waals surface area contributed by atoms with Gasteiger partial charge in [-0.05, 0) is 31.3 Å². The number of hydrogen-bond acceptors (Lipinski definition) is 2. The number of aliphatic hydroxyl groups is 1. The number of rotatable bonds is 7. The molecule has 0 rings (SSSR count). The molecule has 0 spiro atoms. The molecular formula is C10H23NO. The van der Waals surface area contributed by atoms with Gasteiger partial charge in [-0.2, -0.15) is 0 Å². The van der Waals surface area contributed by atoms with E-state index in [0.717, 1.165) is 25.4 Å². The van der Waals surface area contributed by atoms with Crippen LogP contribution in [0.1, 0.15) is 33.6 Å². The monoisotopic (exact) mass is 173 g/mol. The molecule has 0 aromatic rings. The lowest BCUT2D eigenvalue weighted by atomic mass is 10.1. The largest absolute Gasteiger partial charge is 0.396 e. The van der Waals surface area contributed by atoms with Gasteiger partial charge >= 0.3 is 0 Å². The van der Waals surface area contributed by atoms with Gasteiger partial charge in [0.2, 0.25) is 0 Å². The Morgan fingerprint density at radius 3 is 2.25 bits per heavy atom. The lowest BCUT2D eigenvalue weighted by molar-refractivity contribution is 0.259. The Kier molecular flexibility index (Phi) is 7.51. The first-order valence-electron chi connectivity index (χ1n) is 5.02. The maximum Gasteiger partial charge on any atom is 0.0434 e. The number of hydrogen-bond donors (Lipinski definition) is 2. The number of aliphatic hydroxyl groups excluding tert-OH is 1. The van der Waals surface area contributed by atoms with E-state index >= 15 is 0 Å². The molecule has 0 saturated heterocycles. The van der Waals surface area contributed by atoms with Crippen LogP contribution < -0.4 is 5.32 Å². The summed E-state index contributed by atoms with van der Waals surface area (Å²) in [7, 11) is 0. The lowest BCUT2D eigenvalue weighted by Gasteiger charge is -2.13. The normalized spacial score (nSPS) is 16.0. The van der Waals surface area contributed by atoms with Crippen molar-refractivity contribution in [3.63, 3.8) is 0 Å². The van der Waals surface area contributed by atoms with E-state index in [1.807, 2.05) is 0 Å². The standard InChI is InChI=1S/C10H23NO/c1-4-9(2)7-11-8-10(3)5-6-12/h9-12H,4-8H2,1-3H3. The SMILES string of the molecule is CCC(C)CNCC(C)CCO. The summed E-state index contributed by atoms with van der Waals surface area (Å²) >= 11 is 0. The van der Waals surface area contributed by atoms with Crippen LogP contribution in [0, 0.1) is 11.8 Å². The molecule has 0 aromatic carbocycles. The smallest absolute Gasteiger partial charge is 0.0434 e. The van der Waals surface area contributed by atoms with Gasteiger partial charge in [-0.1, -0.05) is 27.2 Å². The fourth-order valence-electron chi connectivity index (χ4n) is 1.04. The van der Waals surface area contributed by atoms with Crippen molar-refractivity contribution in [3.8, 4) is 0 Å². The van der Waals surface area contributed by atoms with Crippen molar-refractivity contribution in [1.82, 2.24) is 5.32 Å². The van der Waals surface area contributed by atoms with Gasteiger partial charge in [0, 0.05) is 6.61 Å². The van der Waals surface area contributed by atoms with Crippen LogP contribution in [0.25, 0.3) is 0 Å². The minimum absolute atomic E-state index is 0.312. The molecule has 2 atom stereocenters. The molecule has 74 valence electrons. The fraction of sp³-hybridized carbons (Fsp3) is 1.00. The van der Waals surface area contributed by atoms with Crippen molar-refractivity contribution in [2.75, 3.05) is 19.7 Å². The highest BCUT2D eigenvalue weighted by atomic mass is 16.3. The Bertz CT molecular complexity index is 95.8. The number of nitrogens with one attached hydrogen (secondary N) is 1. The third-order valence-corrected chi connectivity index (χ3v) is 2.30. The molecule has 12 heavy (non-hydrogen) atoms. The van der Waals surface area contributed by atoms with Crippen LogP contribution in [0.15, 0.2) is 0 Å². The van der Waals surface area contributed by atoms with Crippen LogP contribution in [-0.4, -0.2) is 24.8 Å². The summed E-state index contributed by atoms with van der Waals surface area (Å²) in [5.41, 5.74) is 0. The van der Waals surface area contributed by atoms with Crippen molar-refractivity contribution in [2.24, 2.45) is 11.8 Å². The second kappa shape index (κ2) is 7.56. The third kappa shape index (κ3) is 6.62. The quantitative estimate of drug-likeness (QED) is 0.613. The topological polar surface area (TPSA) is 32.3 Å². The summed E-state index contributed by atoms with van der Waals surface area (Å²) in [4.78, 5) is 0. The second-order valence-corrected chi connectivity index (χ2v) is 3.79. The minimum Gasteiger partial charge on any atom is -0.396 e. The Morgan fingerprint density at radius 2 is 1.75 bits per heavy atom. The van der Waals surface area contributed by atoms with E-state index in [1.54, 1.807) is 0 Å². The van der Waals surface area contributed by atoms with Crippen LogP contribution in [0.4, 0.5) is 0 Å². The Balaban J connectivity index is 3.18. The fourth-order valence-corrected chi connectivity index (χ4v) is 1.04. The molecule has 0 aliphatic heterocycles. The van der Waals surface area contributed by atoms with Crippen molar-refractivity contribution >= 4 is 0 Å². The van der Waals surface area contributed by atoms with E-state index in [-0.39, 0.29) is 0 Å². The molecule has 0 aliphatic rings. The van der Waals surface area contributed by atoms with Gasteiger partial charge in [-0.15, -0.1) is 0 Å². The molecule has 0 saturated carbocycles. The molecule has 0 amide bonds. The highest BCUT2D eigenvalue weighted by molar-refractivity contribution is 4.59. The summed E-state index contributed by atoms with van der Waals surface area (Å²) < 4.78 is 0. The van der Waals surface area contributed by atoms with Crippen LogP contribution in [0.3, 0.4) is 0 Å². The summed E-state index contributed by atoms with van der Waals surface area (Å²) in [5.74, 6) is 1.37.